The number of carbonyl (C=O) groups excluding carboxylic acids is 2. The minimum absolute atomic E-state index is 0.181. The lowest BCUT2D eigenvalue weighted by atomic mass is 10.2. The molecule has 0 fully saturated rings. The van der Waals surface area contributed by atoms with Crippen molar-refractivity contribution in [2.24, 2.45) is 7.05 Å². The van der Waals surface area contributed by atoms with Gasteiger partial charge in [0.25, 0.3) is 5.91 Å². The van der Waals surface area contributed by atoms with Gasteiger partial charge in [0.15, 0.2) is 0 Å². The molecule has 20 heavy (non-hydrogen) atoms. The average Bonchev–Trinajstić information content (AvgIpc) is 2.92. The van der Waals surface area contributed by atoms with E-state index in [-0.39, 0.29) is 11.8 Å². The monoisotopic (exact) mass is 294 g/mol. The summed E-state index contributed by atoms with van der Waals surface area (Å²) in [5, 5.41) is 10.7. The van der Waals surface area contributed by atoms with E-state index in [4.69, 9.17) is 0 Å². The minimum atomic E-state index is -0.549. The molecule has 0 aliphatic rings. The van der Waals surface area contributed by atoms with E-state index >= 15 is 0 Å². The predicted molar refractivity (Wildman–Crippen MR) is 78.9 cm³/mol. The van der Waals surface area contributed by atoms with Crippen LogP contribution in [0.2, 0.25) is 0 Å². The summed E-state index contributed by atoms with van der Waals surface area (Å²) in [5.41, 5.74) is 0.898. The van der Waals surface area contributed by atoms with Crippen molar-refractivity contribution in [3.05, 3.63) is 16.6 Å². The van der Waals surface area contributed by atoms with Crippen LogP contribution in [0.15, 0.2) is 6.07 Å². The Bertz CT molecular complexity index is 624. The molecule has 0 unspecified atom stereocenters. The van der Waals surface area contributed by atoms with Gasteiger partial charge < -0.3 is 10.6 Å². The van der Waals surface area contributed by atoms with Crippen molar-refractivity contribution in [2.45, 2.75) is 26.8 Å². The van der Waals surface area contributed by atoms with Crippen LogP contribution in [0.4, 0.5) is 0 Å². The van der Waals surface area contributed by atoms with Crippen molar-refractivity contribution in [1.29, 1.82) is 0 Å². The lowest BCUT2D eigenvalue weighted by Crippen LogP contribution is -2.44. The first-order valence-corrected chi connectivity index (χ1v) is 7.27. The summed E-state index contributed by atoms with van der Waals surface area (Å²) in [6, 6.07) is 1.27. The average molecular weight is 294 g/mol. The van der Waals surface area contributed by atoms with Gasteiger partial charge in [-0.25, -0.2) is 0 Å². The lowest BCUT2D eigenvalue weighted by Gasteiger charge is -2.12. The Morgan fingerprint density at radius 3 is 2.80 bits per heavy atom. The molecule has 2 aromatic rings. The van der Waals surface area contributed by atoms with Crippen LogP contribution in [-0.2, 0) is 11.8 Å². The lowest BCUT2D eigenvalue weighted by molar-refractivity contribution is -0.122. The summed E-state index contributed by atoms with van der Waals surface area (Å²) in [4.78, 5) is 25.3. The van der Waals surface area contributed by atoms with Gasteiger partial charge in [0.05, 0.1) is 10.6 Å². The first-order chi connectivity index (χ1) is 9.43. The number of hydrogen-bond acceptors (Lipinski definition) is 4. The van der Waals surface area contributed by atoms with Gasteiger partial charge in [-0.1, -0.05) is 0 Å². The molecule has 0 saturated carbocycles. The SMILES string of the molecule is CCNC(=O)[C@@H](C)NC(=O)c1cc2c(C)nn(C)c2s1. The van der Waals surface area contributed by atoms with Crippen molar-refractivity contribution < 1.29 is 9.59 Å². The van der Waals surface area contributed by atoms with Crippen LogP contribution in [0.5, 0.6) is 0 Å². The maximum atomic E-state index is 12.1. The van der Waals surface area contributed by atoms with E-state index in [0.29, 0.717) is 11.4 Å². The number of aromatic nitrogens is 2. The Hall–Kier alpha value is -1.89. The molecular weight excluding hydrogens is 276 g/mol. The maximum absolute atomic E-state index is 12.1. The van der Waals surface area contributed by atoms with Crippen LogP contribution in [-0.4, -0.2) is 34.2 Å². The van der Waals surface area contributed by atoms with Crippen molar-refractivity contribution >= 4 is 33.4 Å². The third-order valence-corrected chi connectivity index (χ3v) is 4.21. The second-order valence-electron chi connectivity index (χ2n) is 4.63. The number of fused-ring (bicyclic) bond motifs is 1. The summed E-state index contributed by atoms with van der Waals surface area (Å²) in [5.74, 6) is -0.413. The third-order valence-electron chi connectivity index (χ3n) is 3.01. The topological polar surface area (TPSA) is 76.0 Å². The van der Waals surface area contributed by atoms with E-state index < -0.39 is 6.04 Å². The number of amides is 2. The van der Waals surface area contributed by atoms with Crippen molar-refractivity contribution in [3.63, 3.8) is 0 Å². The number of likely N-dealkylation sites (N-methyl/N-ethyl adjacent to an activating group) is 1. The number of hydrogen-bond donors (Lipinski definition) is 2. The molecule has 108 valence electrons. The molecule has 1 atom stereocenters. The second kappa shape index (κ2) is 5.62. The van der Waals surface area contributed by atoms with E-state index in [1.54, 1.807) is 11.6 Å². The quantitative estimate of drug-likeness (QED) is 0.889. The van der Waals surface area contributed by atoms with Crippen LogP contribution >= 0.6 is 11.3 Å². The molecule has 0 bridgehead atoms. The van der Waals surface area contributed by atoms with Gasteiger partial charge in [0.2, 0.25) is 5.91 Å². The highest BCUT2D eigenvalue weighted by Gasteiger charge is 2.19. The number of rotatable bonds is 4. The van der Waals surface area contributed by atoms with E-state index in [2.05, 4.69) is 15.7 Å². The van der Waals surface area contributed by atoms with Crippen molar-refractivity contribution in [1.82, 2.24) is 20.4 Å². The molecule has 0 aliphatic carbocycles. The van der Waals surface area contributed by atoms with Crippen LogP contribution in [0.25, 0.3) is 10.2 Å². The van der Waals surface area contributed by atoms with E-state index in [9.17, 15) is 9.59 Å². The predicted octanol–water partition coefficient (Wildman–Crippen LogP) is 1.20. The summed E-state index contributed by atoms with van der Waals surface area (Å²) in [6.07, 6.45) is 0. The highest BCUT2D eigenvalue weighted by molar-refractivity contribution is 7.20. The van der Waals surface area contributed by atoms with Crippen LogP contribution in [0.3, 0.4) is 0 Å². The maximum Gasteiger partial charge on any atom is 0.262 e. The normalized spacial score (nSPS) is 12.4. The molecule has 0 saturated heterocycles. The highest BCUT2D eigenvalue weighted by Crippen LogP contribution is 2.27. The Balaban J connectivity index is 2.15. The smallest absolute Gasteiger partial charge is 0.262 e. The molecule has 2 amide bonds. The summed E-state index contributed by atoms with van der Waals surface area (Å²) in [6.45, 7) is 5.97. The van der Waals surface area contributed by atoms with Crippen molar-refractivity contribution in [2.75, 3.05) is 6.54 Å². The molecule has 2 aromatic heterocycles. The molecule has 0 aromatic carbocycles. The first-order valence-electron chi connectivity index (χ1n) is 6.45. The number of nitrogens with one attached hydrogen (secondary N) is 2. The number of nitrogens with zero attached hydrogens (tertiary/aromatic N) is 2. The zero-order valence-electron chi connectivity index (χ0n) is 12.0. The van der Waals surface area contributed by atoms with E-state index in [0.717, 1.165) is 15.9 Å². The number of carbonyl (C=O) groups is 2. The molecule has 0 aliphatic heterocycles. The Morgan fingerprint density at radius 2 is 2.20 bits per heavy atom. The number of aryl methyl sites for hydroxylation is 2. The summed E-state index contributed by atoms with van der Waals surface area (Å²) < 4.78 is 1.76. The molecule has 2 N–H and O–H groups in total. The first kappa shape index (κ1) is 14.5. The van der Waals surface area contributed by atoms with Gasteiger partial charge in [-0.15, -0.1) is 11.3 Å². The summed E-state index contributed by atoms with van der Waals surface area (Å²) in [7, 11) is 1.85. The Morgan fingerprint density at radius 1 is 1.50 bits per heavy atom. The fourth-order valence-electron chi connectivity index (χ4n) is 1.98. The molecule has 2 rings (SSSR count). The fourth-order valence-corrected chi connectivity index (χ4v) is 3.00. The third kappa shape index (κ3) is 2.67. The van der Waals surface area contributed by atoms with E-state index in [1.165, 1.54) is 11.3 Å². The molecule has 0 radical (unpaired) electrons. The fraction of sp³-hybridized carbons (Fsp3) is 0.462. The minimum Gasteiger partial charge on any atom is -0.355 e. The Labute approximate surface area is 121 Å². The van der Waals surface area contributed by atoms with Gasteiger partial charge in [0, 0.05) is 19.0 Å². The molecular formula is C13H18N4O2S. The van der Waals surface area contributed by atoms with Gasteiger partial charge >= 0.3 is 0 Å². The van der Waals surface area contributed by atoms with Crippen molar-refractivity contribution in [3.8, 4) is 0 Å². The Kier molecular flexibility index (Phi) is 4.08. The zero-order chi connectivity index (χ0) is 14.9. The molecule has 6 nitrogen and oxygen atoms in total. The molecule has 7 heteroatoms. The van der Waals surface area contributed by atoms with Crippen LogP contribution < -0.4 is 10.6 Å². The molecule has 2 heterocycles. The van der Waals surface area contributed by atoms with Gasteiger partial charge in [-0.2, -0.15) is 5.10 Å². The van der Waals surface area contributed by atoms with Gasteiger partial charge in [0.1, 0.15) is 10.9 Å². The van der Waals surface area contributed by atoms with Crippen LogP contribution in [0.1, 0.15) is 29.2 Å². The van der Waals surface area contributed by atoms with Crippen LogP contribution in [0, 0.1) is 6.92 Å². The van der Waals surface area contributed by atoms with Gasteiger partial charge in [-0.3, -0.25) is 14.3 Å². The standard InChI is InChI=1S/C13H18N4O2S/c1-5-14-11(18)8(3)15-12(19)10-6-9-7(2)16-17(4)13(9)20-10/h6,8H,5H2,1-4H3,(H,14,18)(H,15,19)/t8-/m1/s1. The zero-order valence-corrected chi connectivity index (χ0v) is 12.8. The highest BCUT2D eigenvalue weighted by atomic mass is 32.1. The largest absolute Gasteiger partial charge is 0.355 e. The number of thiophene rings is 1. The second-order valence-corrected chi connectivity index (χ2v) is 5.66. The van der Waals surface area contributed by atoms with E-state index in [1.807, 2.05) is 27.0 Å². The van der Waals surface area contributed by atoms with Gasteiger partial charge in [-0.05, 0) is 26.8 Å². The summed E-state index contributed by atoms with van der Waals surface area (Å²) >= 11 is 1.38. The molecule has 0 spiro atoms.